The van der Waals surface area contributed by atoms with E-state index in [4.69, 9.17) is 14.2 Å². The molecule has 8 nitrogen and oxygen atoms in total. The minimum atomic E-state index is -1.05. The Morgan fingerprint density at radius 1 is 1.26 bits per heavy atom. The van der Waals surface area contributed by atoms with E-state index >= 15 is 0 Å². The van der Waals surface area contributed by atoms with Crippen LogP contribution in [0.5, 0.6) is 0 Å². The van der Waals surface area contributed by atoms with Gasteiger partial charge in [-0.15, -0.1) is 0 Å². The summed E-state index contributed by atoms with van der Waals surface area (Å²) < 4.78 is 16.6. The molecule has 2 N–H and O–H groups in total. The molecule has 0 aliphatic carbocycles. The van der Waals surface area contributed by atoms with Gasteiger partial charge in [-0.25, -0.2) is 4.79 Å². The number of carboxylic acids is 1. The van der Waals surface area contributed by atoms with Crippen LogP contribution in [0.2, 0.25) is 0 Å². The lowest BCUT2D eigenvalue weighted by molar-refractivity contribution is -0.178. The van der Waals surface area contributed by atoms with Crippen LogP contribution in [0.3, 0.4) is 0 Å². The summed E-state index contributed by atoms with van der Waals surface area (Å²) >= 11 is 0. The summed E-state index contributed by atoms with van der Waals surface area (Å²) in [6.07, 6.45) is 12.2. The van der Waals surface area contributed by atoms with E-state index in [1.807, 2.05) is 19.1 Å². The van der Waals surface area contributed by atoms with Gasteiger partial charge in [0.2, 0.25) is 0 Å². The minimum Gasteiger partial charge on any atom is -0.493 e. The Kier molecular flexibility index (Phi) is 11.0. The van der Waals surface area contributed by atoms with E-state index in [2.05, 4.69) is 21.8 Å². The van der Waals surface area contributed by atoms with E-state index in [-0.39, 0.29) is 0 Å². The number of aromatic amines is 1. The van der Waals surface area contributed by atoms with Crippen LogP contribution >= 0.6 is 0 Å². The van der Waals surface area contributed by atoms with E-state index in [1.54, 1.807) is 12.4 Å². The molecule has 2 rings (SSSR count). The van der Waals surface area contributed by atoms with Crippen molar-refractivity contribution < 1.29 is 24.1 Å². The molecule has 1 fully saturated rings. The Morgan fingerprint density at radius 2 is 1.94 bits per heavy atom. The SMILES string of the molecule is C=C(/C=N\C(=C/C)c1ccn[nH]1)OCCCCCCCCOC1(C(=O)O)CCOCC1. The van der Waals surface area contributed by atoms with Crippen LogP contribution in [-0.2, 0) is 19.0 Å². The van der Waals surface area contributed by atoms with Crippen molar-refractivity contribution >= 4 is 17.9 Å². The molecule has 0 aromatic carbocycles. The van der Waals surface area contributed by atoms with Crippen molar-refractivity contribution in [2.24, 2.45) is 4.99 Å². The summed E-state index contributed by atoms with van der Waals surface area (Å²) in [6, 6.07) is 1.86. The van der Waals surface area contributed by atoms with Crippen LogP contribution in [0.4, 0.5) is 0 Å². The number of ether oxygens (including phenoxy) is 3. The Morgan fingerprint density at radius 3 is 2.55 bits per heavy atom. The van der Waals surface area contributed by atoms with Gasteiger partial charge in [0.05, 0.1) is 24.2 Å². The first kappa shape index (κ1) is 24.8. The summed E-state index contributed by atoms with van der Waals surface area (Å²) in [5, 5.41) is 16.3. The summed E-state index contributed by atoms with van der Waals surface area (Å²) in [5.41, 5.74) is 0.591. The van der Waals surface area contributed by atoms with Gasteiger partial charge < -0.3 is 19.3 Å². The van der Waals surface area contributed by atoms with Gasteiger partial charge >= 0.3 is 5.97 Å². The number of hydrogen-bond donors (Lipinski definition) is 2. The molecule has 1 aliphatic heterocycles. The summed E-state index contributed by atoms with van der Waals surface area (Å²) in [4.78, 5) is 15.9. The number of unbranched alkanes of at least 4 members (excludes halogenated alkanes) is 5. The number of H-pyrrole nitrogens is 1. The number of allylic oxidation sites excluding steroid dienone is 2. The average Bonchev–Trinajstić information content (AvgIpc) is 3.31. The van der Waals surface area contributed by atoms with Gasteiger partial charge in [-0.3, -0.25) is 10.1 Å². The third-order valence-electron chi connectivity index (χ3n) is 5.29. The van der Waals surface area contributed by atoms with Crippen molar-refractivity contribution in [2.75, 3.05) is 26.4 Å². The van der Waals surface area contributed by atoms with Gasteiger partial charge in [0, 0.05) is 38.9 Å². The predicted octanol–water partition coefficient (Wildman–Crippen LogP) is 4.36. The van der Waals surface area contributed by atoms with Crippen molar-refractivity contribution in [3.8, 4) is 0 Å². The Bertz CT molecular complexity index is 722. The van der Waals surface area contributed by atoms with Crippen molar-refractivity contribution in [3.05, 3.63) is 36.4 Å². The van der Waals surface area contributed by atoms with Crippen molar-refractivity contribution in [2.45, 2.75) is 63.9 Å². The fraction of sp³-hybridized carbons (Fsp3) is 0.609. The molecule has 0 unspecified atom stereocenters. The monoisotopic (exact) mass is 433 g/mol. The lowest BCUT2D eigenvalue weighted by Gasteiger charge is -2.33. The van der Waals surface area contributed by atoms with E-state index in [9.17, 15) is 9.90 Å². The molecule has 0 saturated carbocycles. The summed E-state index contributed by atoms with van der Waals surface area (Å²) in [5.74, 6) is -0.331. The zero-order chi connectivity index (χ0) is 22.4. The summed E-state index contributed by atoms with van der Waals surface area (Å²) in [7, 11) is 0. The first-order valence-corrected chi connectivity index (χ1v) is 11.0. The number of aromatic nitrogens is 2. The zero-order valence-electron chi connectivity index (χ0n) is 18.5. The highest BCUT2D eigenvalue weighted by atomic mass is 16.5. The lowest BCUT2D eigenvalue weighted by atomic mass is 9.94. The van der Waals surface area contributed by atoms with Crippen LogP contribution in [0.1, 0.15) is 64.0 Å². The van der Waals surface area contributed by atoms with Crippen LogP contribution < -0.4 is 0 Å². The maximum absolute atomic E-state index is 11.5. The number of aliphatic imine (C=N–C) groups is 1. The summed E-state index contributed by atoms with van der Waals surface area (Å²) in [6.45, 7) is 7.80. The number of hydrogen-bond acceptors (Lipinski definition) is 6. The highest BCUT2D eigenvalue weighted by Gasteiger charge is 2.41. The van der Waals surface area contributed by atoms with E-state index in [0.717, 1.165) is 49.9 Å². The van der Waals surface area contributed by atoms with Crippen LogP contribution in [0.15, 0.2) is 35.7 Å². The number of carbonyl (C=O) groups is 1. The highest BCUT2D eigenvalue weighted by Crippen LogP contribution is 2.26. The number of nitrogens with one attached hydrogen (secondary N) is 1. The largest absolute Gasteiger partial charge is 0.493 e. The Labute approximate surface area is 184 Å². The molecule has 0 amide bonds. The fourth-order valence-electron chi connectivity index (χ4n) is 3.38. The molecule has 1 saturated heterocycles. The van der Waals surface area contributed by atoms with Gasteiger partial charge in [0.15, 0.2) is 5.60 Å². The van der Waals surface area contributed by atoms with Gasteiger partial charge in [-0.1, -0.05) is 38.3 Å². The van der Waals surface area contributed by atoms with Gasteiger partial charge in [0.25, 0.3) is 0 Å². The molecule has 0 spiro atoms. The lowest BCUT2D eigenvalue weighted by Crippen LogP contribution is -2.46. The Balaban J connectivity index is 1.48. The standard InChI is InChI=1S/C23H35N3O5/c1-3-20(21-10-13-25-26-21)24-18-19(2)30-14-8-6-4-5-7-9-15-31-23(22(27)28)11-16-29-17-12-23/h3,10,13,18H,2,4-9,11-12,14-17H2,1H3,(H,25,26)(H,27,28)/b20-3-,24-18-. The van der Waals surface area contributed by atoms with Crippen LogP contribution in [0, 0.1) is 0 Å². The molecule has 2 heterocycles. The number of carboxylic acid groups (broad SMARTS) is 1. The maximum Gasteiger partial charge on any atom is 0.336 e. The van der Waals surface area contributed by atoms with Gasteiger partial charge in [-0.2, -0.15) is 5.10 Å². The van der Waals surface area contributed by atoms with E-state index in [1.165, 1.54) is 0 Å². The number of nitrogens with zero attached hydrogens (tertiary/aromatic N) is 2. The third kappa shape index (κ3) is 8.67. The van der Waals surface area contributed by atoms with Gasteiger partial charge in [0.1, 0.15) is 5.76 Å². The third-order valence-corrected chi connectivity index (χ3v) is 5.29. The quantitative estimate of drug-likeness (QED) is 0.242. The molecule has 31 heavy (non-hydrogen) atoms. The molecule has 172 valence electrons. The molecule has 0 atom stereocenters. The Hall–Kier alpha value is -2.45. The van der Waals surface area contributed by atoms with Crippen molar-refractivity contribution in [3.63, 3.8) is 0 Å². The highest BCUT2D eigenvalue weighted by molar-refractivity contribution is 5.81. The van der Waals surface area contributed by atoms with E-state index < -0.39 is 11.6 Å². The van der Waals surface area contributed by atoms with Crippen molar-refractivity contribution in [1.82, 2.24) is 10.2 Å². The second kappa shape index (κ2) is 13.8. The maximum atomic E-state index is 11.5. The normalized spacial score (nSPS) is 16.5. The first-order valence-electron chi connectivity index (χ1n) is 11.0. The number of rotatable bonds is 15. The molecule has 0 radical (unpaired) electrons. The zero-order valence-corrected chi connectivity index (χ0v) is 18.5. The second-order valence-electron chi connectivity index (χ2n) is 7.60. The molecule has 8 heteroatoms. The topological polar surface area (TPSA) is 106 Å². The molecule has 1 aromatic heterocycles. The van der Waals surface area contributed by atoms with Crippen molar-refractivity contribution in [1.29, 1.82) is 0 Å². The minimum absolute atomic E-state index is 0.428. The molecular formula is C23H35N3O5. The molecular weight excluding hydrogens is 398 g/mol. The smallest absolute Gasteiger partial charge is 0.336 e. The van der Waals surface area contributed by atoms with Gasteiger partial charge in [-0.05, 0) is 25.8 Å². The first-order chi connectivity index (χ1) is 15.1. The van der Waals surface area contributed by atoms with E-state index in [0.29, 0.717) is 45.0 Å². The number of aliphatic carboxylic acids is 1. The second-order valence-corrected chi connectivity index (χ2v) is 7.60. The average molecular weight is 434 g/mol. The molecule has 0 bridgehead atoms. The van der Waals surface area contributed by atoms with Crippen LogP contribution in [-0.4, -0.2) is 59.5 Å². The van der Waals surface area contributed by atoms with Crippen LogP contribution in [0.25, 0.3) is 5.70 Å². The fourth-order valence-corrected chi connectivity index (χ4v) is 3.38. The predicted molar refractivity (Wildman–Crippen MR) is 120 cm³/mol. The molecule has 1 aliphatic rings. The molecule has 1 aromatic rings.